The Morgan fingerprint density at radius 2 is 2.10 bits per heavy atom. The topological polar surface area (TPSA) is 84.3 Å². The van der Waals surface area contributed by atoms with Gasteiger partial charge in [0, 0.05) is 31.4 Å². The highest BCUT2D eigenvalue weighted by atomic mass is 19.1. The van der Waals surface area contributed by atoms with Gasteiger partial charge in [0.05, 0.1) is 36.4 Å². The summed E-state index contributed by atoms with van der Waals surface area (Å²) in [7, 11) is 1.89. The van der Waals surface area contributed by atoms with Crippen LogP contribution in [-0.2, 0) is 17.9 Å². The van der Waals surface area contributed by atoms with Crippen molar-refractivity contribution in [2.24, 2.45) is 0 Å². The molecule has 3 heterocycles. The minimum Gasteiger partial charge on any atom is -0.492 e. The number of fused-ring (bicyclic) bond motifs is 1. The van der Waals surface area contributed by atoms with Crippen LogP contribution in [0.3, 0.4) is 0 Å². The molecule has 156 valence electrons. The number of carbonyl (C=O) groups excluding carboxylic acids is 1. The van der Waals surface area contributed by atoms with Crippen molar-refractivity contribution in [2.75, 3.05) is 35.7 Å². The van der Waals surface area contributed by atoms with Gasteiger partial charge in [-0.2, -0.15) is 5.10 Å². The van der Waals surface area contributed by atoms with Crippen molar-refractivity contribution in [3.05, 3.63) is 59.8 Å². The van der Waals surface area contributed by atoms with Gasteiger partial charge in [-0.25, -0.2) is 9.37 Å². The Hall–Kier alpha value is -3.62. The molecule has 8 nitrogen and oxygen atoms in total. The Kier molecular flexibility index (Phi) is 5.51. The number of benzene rings is 1. The first kappa shape index (κ1) is 19.7. The van der Waals surface area contributed by atoms with Crippen LogP contribution in [0.5, 0.6) is 5.75 Å². The van der Waals surface area contributed by atoms with Crippen molar-refractivity contribution in [1.82, 2.24) is 14.8 Å². The number of aryl methyl sites for hydroxylation is 1. The Morgan fingerprint density at radius 3 is 2.90 bits per heavy atom. The Balaban J connectivity index is 1.32. The van der Waals surface area contributed by atoms with Gasteiger partial charge in [0.2, 0.25) is 5.91 Å². The van der Waals surface area contributed by atoms with E-state index in [-0.39, 0.29) is 11.7 Å². The summed E-state index contributed by atoms with van der Waals surface area (Å²) in [6, 6.07) is 7.88. The largest absolute Gasteiger partial charge is 0.492 e. The van der Waals surface area contributed by atoms with Crippen molar-refractivity contribution >= 4 is 23.1 Å². The third-order valence-electron chi connectivity index (χ3n) is 4.80. The summed E-state index contributed by atoms with van der Waals surface area (Å²) in [4.78, 5) is 18.2. The molecule has 0 fully saturated rings. The van der Waals surface area contributed by atoms with E-state index >= 15 is 0 Å². The molecule has 0 saturated carbocycles. The number of amides is 1. The highest BCUT2D eigenvalue weighted by Crippen LogP contribution is 2.32. The van der Waals surface area contributed by atoms with Crippen LogP contribution >= 0.6 is 0 Å². The molecule has 0 radical (unpaired) electrons. The van der Waals surface area contributed by atoms with Crippen LogP contribution in [-0.4, -0.2) is 40.9 Å². The van der Waals surface area contributed by atoms with Gasteiger partial charge in [0.15, 0.2) is 0 Å². The lowest BCUT2D eigenvalue weighted by Gasteiger charge is -2.28. The first-order valence-corrected chi connectivity index (χ1v) is 9.64. The minimum absolute atomic E-state index is 0.0357. The number of carbonyl (C=O) groups is 1. The number of aromatic nitrogens is 3. The zero-order valence-electron chi connectivity index (χ0n) is 16.9. The molecule has 3 aromatic rings. The first-order chi connectivity index (χ1) is 14.5. The van der Waals surface area contributed by atoms with E-state index in [2.05, 4.69) is 20.7 Å². The second kappa shape index (κ2) is 8.40. The number of pyridine rings is 1. The predicted octanol–water partition coefficient (Wildman–Crippen LogP) is 2.81. The molecule has 1 aliphatic heterocycles. The van der Waals surface area contributed by atoms with E-state index in [1.807, 2.05) is 31.1 Å². The third kappa shape index (κ3) is 4.51. The van der Waals surface area contributed by atoms with Gasteiger partial charge in [-0.1, -0.05) is 0 Å². The lowest BCUT2D eigenvalue weighted by molar-refractivity contribution is -0.115. The smallest absolute Gasteiger partial charge is 0.243 e. The summed E-state index contributed by atoms with van der Waals surface area (Å²) < 4.78 is 20.3. The number of halogens is 1. The molecular formula is C21H23FN6O2. The summed E-state index contributed by atoms with van der Waals surface area (Å²) in [5.41, 5.74) is 3.48. The fourth-order valence-corrected chi connectivity index (χ4v) is 3.28. The van der Waals surface area contributed by atoms with E-state index in [0.717, 1.165) is 28.5 Å². The molecule has 2 N–H and O–H groups in total. The number of ether oxygens (including phenoxy) is 1. The molecule has 0 bridgehead atoms. The summed E-state index contributed by atoms with van der Waals surface area (Å²) in [6.45, 7) is 3.78. The second-order valence-electron chi connectivity index (χ2n) is 7.16. The number of nitrogens with zero attached hydrogens (tertiary/aromatic N) is 4. The van der Waals surface area contributed by atoms with Crippen LogP contribution in [0.2, 0.25) is 0 Å². The highest BCUT2D eigenvalue weighted by Gasteiger charge is 2.22. The monoisotopic (exact) mass is 410 g/mol. The van der Waals surface area contributed by atoms with Crippen molar-refractivity contribution in [1.29, 1.82) is 0 Å². The van der Waals surface area contributed by atoms with E-state index < -0.39 is 0 Å². The molecule has 30 heavy (non-hydrogen) atoms. The number of anilines is 3. The fraction of sp³-hybridized carbons (Fsp3) is 0.286. The normalized spacial score (nSPS) is 13.0. The molecule has 0 unspecified atom stereocenters. The maximum absolute atomic E-state index is 12.9. The zero-order valence-corrected chi connectivity index (χ0v) is 16.9. The number of hydrogen-bond donors (Lipinski definition) is 2. The van der Waals surface area contributed by atoms with E-state index in [1.54, 1.807) is 23.0 Å². The van der Waals surface area contributed by atoms with Crippen molar-refractivity contribution in [3.8, 4) is 5.75 Å². The van der Waals surface area contributed by atoms with Crippen molar-refractivity contribution < 1.29 is 13.9 Å². The number of rotatable bonds is 7. The maximum Gasteiger partial charge on any atom is 0.243 e. The van der Waals surface area contributed by atoms with Crippen LogP contribution < -0.4 is 20.3 Å². The van der Waals surface area contributed by atoms with Crippen LogP contribution in [0.4, 0.5) is 21.6 Å². The van der Waals surface area contributed by atoms with E-state index in [0.29, 0.717) is 32.0 Å². The van der Waals surface area contributed by atoms with Crippen LogP contribution in [0, 0.1) is 12.7 Å². The van der Waals surface area contributed by atoms with Crippen LogP contribution in [0.1, 0.15) is 11.3 Å². The summed E-state index contributed by atoms with van der Waals surface area (Å²) >= 11 is 0. The van der Waals surface area contributed by atoms with E-state index in [4.69, 9.17) is 4.74 Å². The summed E-state index contributed by atoms with van der Waals surface area (Å²) in [5.74, 6) is 1.04. The minimum atomic E-state index is -0.286. The Bertz CT molecular complexity index is 1050. The summed E-state index contributed by atoms with van der Waals surface area (Å²) in [6.07, 6.45) is 3.74. The van der Waals surface area contributed by atoms with E-state index in [1.165, 1.54) is 12.1 Å². The molecule has 0 spiro atoms. The number of nitrogens with one attached hydrogen (secondary N) is 2. The van der Waals surface area contributed by atoms with E-state index in [9.17, 15) is 9.18 Å². The van der Waals surface area contributed by atoms with Gasteiger partial charge in [0.1, 0.15) is 24.0 Å². The molecule has 1 aliphatic rings. The first-order valence-electron chi connectivity index (χ1n) is 9.64. The lowest BCUT2D eigenvalue weighted by Crippen LogP contribution is -2.36. The molecule has 0 saturated heterocycles. The van der Waals surface area contributed by atoms with Crippen LogP contribution in [0.25, 0.3) is 0 Å². The molecular weight excluding hydrogens is 387 g/mol. The predicted molar refractivity (Wildman–Crippen MR) is 112 cm³/mol. The average Bonchev–Trinajstić information content (AvgIpc) is 3.16. The molecule has 4 rings (SSSR count). The standard InChI is InChI=1S/C21H23FN6O2/c1-14-21-18(27(2)13-20(29)26-21)9-19(25-14)23-10-15-11-24-28(12-15)7-8-30-17-5-3-16(22)4-6-17/h3-6,9,11-12H,7-8,10,13H2,1-2H3,(H,23,25)(H,26,29). The second-order valence-corrected chi connectivity index (χ2v) is 7.16. The van der Waals surface area contributed by atoms with Gasteiger partial charge in [-0.3, -0.25) is 9.48 Å². The molecule has 1 amide bonds. The molecule has 9 heteroatoms. The van der Waals surface area contributed by atoms with Gasteiger partial charge in [-0.05, 0) is 31.2 Å². The maximum atomic E-state index is 12.9. The average molecular weight is 410 g/mol. The molecule has 0 atom stereocenters. The van der Waals surface area contributed by atoms with Gasteiger partial charge in [0.25, 0.3) is 0 Å². The fourth-order valence-electron chi connectivity index (χ4n) is 3.28. The van der Waals surface area contributed by atoms with Crippen molar-refractivity contribution in [2.45, 2.75) is 20.0 Å². The lowest BCUT2D eigenvalue weighted by atomic mass is 10.2. The highest BCUT2D eigenvalue weighted by molar-refractivity contribution is 6.02. The van der Waals surface area contributed by atoms with Gasteiger partial charge >= 0.3 is 0 Å². The summed E-state index contributed by atoms with van der Waals surface area (Å²) in [5, 5.41) is 10.5. The van der Waals surface area contributed by atoms with Gasteiger partial charge < -0.3 is 20.3 Å². The Labute approximate surface area is 173 Å². The van der Waals surface area contributed by atoms with Crippen LogP contribution in [0.15, 0.2) is 42.7 Å². The number of likely N-dealkylation sites (N-methyl/N-ethyl adjacent to an activating group) is 1. The zero-order chi connectivity index (χ0) is 21.1. The Morgan fingerprint density at radius 1 is 1.30 bits per heavy atom. The van der Waals surface area contributed by atoms with Gasteiger partial charge in [-0.15, -0.1) is 0 Å². The third-order valence-corrected chi connectivity index (χ3v) is 4.80. The molecule has 1 aromatic carbocycles. The molecule has 0 aliphatic carbocycles. The number of hydrogen-bond acceptors (Lipinski definition) is 6. The quantitative estimate of drug-likeness (QED) is 0.623. The SMILES string of the molecule is Cc1nc(NCc2cnn(CCOc3ccc(F)cc3)c2)cc2c1NC(=O)CN2C. The molecule has 2 aromatic heterocycles. The van der Waals surface area contributed by atoms with Crippen molar-refractivity contribution in [3.63, 3.8) is 0 Å².